The molecule has 0 fully saturated rings. The number of nitrogens with two attached hydrogens (primary N) is 1. The highest BCUT2D eigenvalue weighted by Crippen LogP contribution is 2.24. The fourth-order valence-electron chi connectivity index (χ4n) is 2.22. The second kappa shape index (κ2) is 3.90. The molecular weight excluding hydrogens is 206 g/mol. The highest BCUT2D eigenvalue weighted by Gasteiger charge is 2.27. The van der Waals surface area contributed by atoms with Crippen molar-refractivity contribution < 1.29 is 9.90 Å². The number of hydrogen-bond acceptors (Lipinski definition) is 3. The third-order valence-corrected chi connectivity index (χ3v) is 3.00. The van der Waals surface area contributed by atoms with E-state index in [-0.39, 0.29) is 17.7 Å². The van der Waals surface area contributed by atoms with Crippen LogP contribution < -0.4 is 5.73 Å². The fourth-order valence-corrected chi connectivity index (χ4v) is 2.22. The minimum atomic E-state index is -0.954. The maximum atomic E-state index is 11.1. The van der Waals surface area contributed by atoms with Gasteiger partial charge in [-0.15, -0.1) is 0 Å². The van der Waals surface area contributed by atoms with Gasteiger partial charge in [-0.25, -0.2) is 9.78 Å². The van der Waals surface area contributed by atoms with Crippen molar-refractivity contribution in [1.82, 2.24) is 9.55 Å². The molecule has 2 heterocycles. The van der Waals surface area contributed by atoms with Crippen molar-refractivity contribution in [2.75, 3.05) is 0 Å². The Kier molecular flexibility index (Phi) is 2.71. The van der Waals surface area contributed by atoms with E-state index >= 15 is 0 Å². The summed E-state index contributed by atoms with van der Waals surface area (Å²) in [6, 6.07) is 0.0577. The Hall–Kier alpha value is -1.36. The summed E-state index contributed by atoms with van der Waals surface area (Å²) in [5.74, 6) is 0.144. The quantitative estimate of drug-likeness (QED) is 0.783. The molecule has 0 saturated carbocycles. The number of aromatic carboxylic acids is 1. The van der Waals surface area contributed by atoms with Crippen LogP contribution in [0, 0.1) is 0 Å². The van der Waals surface area contributed by atoms with Crippen LogP contribution >= 0.6 is 0 Å². The second-order valence-electron chi connectivity index (χ2n) is 4.63. The highest BCUT2D eigenvalue weighted by atomic mass is 16.4. The number of hydrogen-bond donors (Lipinski definition) is 2. The predicted octanol–water partition coefficient (Wildman–Crippen LogP) is 0.978. The lowest BCUT2D eigenvalue weighted by Crippen LogP contribution is -2.32. The molecule has 3 N–H and O–H groups in total. The molecular formula is C11H17N3O2. The zero-order valence-corrected chi connectivity index (χ0v) is 9.60. The molecule has 5 heteroatoms. The van der Waals surface area contributed by atoms with E-state index < -0.39 is 5.97 Å². The van der Waals surface area contributed by atoms with Crippen molar-refractivity contribution in [3.05, 3.63) is 17.2 Å². The third kappa shape index (κ3) is 1.71. The van der Waals surface area contributed by atoms with Crippen molar-refractivity contribution >= 4 is 5.97 Å². The molecule has 16 heavy (non-hydrogen) atoms. The maximum Gasteiger partial charge on any atom is 0.356 e. The summed E-state index contributed by atoms with van der Waals surface area (Å²) in [6.45, 7) is 4.83. The molecule has 1 unspecified atom stereocenters. The van der Waals surface area contributed by atoms with Gasteiger partial charge in [0.05, 0.1) is 5.69 Å². The molecule has 1 aromatic rings. The first-order valence-corrected chi connectivity index (χ1v) is 5.59. The van der Waals surface area contributed by atoms with Crippen LogP contribution in [-0.4, -0.2) is 26.7 Å². The lowest BCUT2D eigenvalue weighted by Gasteiger charge is -2.22. The molecule has 0 saturated heterocycles. The number of nitrogens with zero attached hydrogens (tertiary/aromatic N) is 2. The van der Waals surface area contributed by atoms with Gasteiger partial charge in [-0.2, -0.15) is 0 Å². The van der Waals surface area contributed by atoms with Crippen LogP contribution in [0.3, 0.4) is 0 Å². The molecule has 2 rings (SSSR count). The molecule has 0 bridgehead atoms. The summed E-state index contributed by atoms with van der Waals surface area (Å²) in [5.41, 5.74) is 6.84. The normalized spacial score (nSPS) is 19.9. The number of rotatable bonds is 2. The lowest BCUT2D eigenvalue weighted by molar-refractivity contribution is 0.0689. The molecule has 1 atom stereocenters. The lowest BCUT2D eigenvalue weighted by atomic mass is 10.0. The molecule has 1 aliphatic rings. The number of carbonyl (C=O) groups is 1. The standard InChI is InChI=1S/C11H17N3O2/c1-6(2)10-13-9(11(15)16)8-5-7(12)3-4-14(8)10/h6-7H,3-5,12H2,1-2H3,(H,15,16). The second-order valence-corrected chi connectivity index (χ2v) is 4.63. The average molecular weight is 223 g/mol. The molecule has 0 aliphatic carbocycles. The van der Waals surface area contributed by atoms with Crippen LogP contribution in [0.25, 0.3) is 0 Å². The van der Waals surface area contributed by atoms with Crippen LogP contribution in [0.4, 0.5) is 0 Å². The Balaban J connectivity index is 2.53. The summed E-state index contributed by atoms with van der Waals surface area (Å²) in [6.07, 6.45) is 1.50. The fraction of sp³-hybridized carbons (Fsp3) is 0.636. The Morgan fingerprint density at radius 1 is 1.62 bits per heavy atom. The van der Waals surface area contributed by atoms with Crippen LogP contribution in [0.2, 0.25) is 0 Å². The van der Waals surface area contributed by atoms with Gasteiger partial charge in [0.1, 0.15) is 5.82 Å². The molecule has 0 spiro atoms. The van der Waals surface area contributed by atoms with Crippen molar-refractivity contribution in [2.24, 2.45) is 5.73 Å². The Morgan fingerprint density at radius 2 is 2.31 bits per heavy atom. The van der Waals surface area contributed by atoms with E-state index in [0.29, 0.717) is 6.42 Å². The van der Waals surface area contributed by atoms with E-state index in [1.54, 1.807) is 0 Å². The summed E-state index contributed by atoms with van der Waals surface area (Å²) >= 11 is 0. The van der Waals surface area contributed by atoms with Crippen molar-refractivity contribution in [1.29, 1.82) is 0 Å². The van der Waals surface area contributed by atoms with Crippen LogP contribution in [0.5, 0.6) is 0 Å². The molecule has 5 nitrogen and oxygen atoms in total. The Morgan fingerprint density at radius 3 is 2.88 bits per heavy atom. The SMILES string of the molecule is CC(C)c1nc(C(=O)O)c2n1CCC(N)C2. The van der Waals surface area contributed by atoms with Crippen LogP contribution in [0.1, 0.15) is 48.2 Å². The predicted molar refractivity (Wildman–Crippen MR) is 59.6 cm³/mol. The number of carboxylic acids is 1. The monoisotopic (exact) mass is 223 g/mol. The van der Waals surface area contributed by atoms with Gasteiger partial charge >= 0.3 is 5.97 Å². The minimum Gasteiger partial charge on any atom is -0.476 e. The maximum absolute atomic E-state index is 11.1. The van der Waals surface area contributed by atoms with Gasteiger partial charge in [-0.3, -0.25) is 0 Å². The van der Waals surface area contributed by atoms with E-state index in [0.717, 1.165) is 24.5 Å². The molecule has 0 radical (unpaired) electrons. The van der Waals surface area contributed by atoms with Gasteiger partial charge in [-0.1, -0.05) is 13.8 Å². The summed E-state index contributed by atoms with van der Waals surface area (Å²) in [7, 11) is 0. The van der Waals surface area contributed by atoms with E-state index in [4.69, 9.17) is 10.8 Å². The minimum absolute atomic E-state index is 0.0577. The smallest absolute Gasteiger partial charge is 0.356 e. The van der Waals surface area contributed by atoms with E-state index in [1.165, 1.54) is 0 Å². The first-order chi connectivity index (χ1) is 7.50. The van der Waals surface area contributed by atoms with Gasteiger partial charge in [0.25, 0.3) is 0 Å². The Labute approximate surface area is 94.3 Å². The zero-order valence-electron chi connectivity index (χ0n) is 9.60. The molecule has 0 amide bonds. The summed E-state index contributed by atoms with van der Waals surface area (Å²) in [5, 5.41) is 9.11. The van der Waals surface area contributed by atoms with Crippen molar-refractivity contribution in [3.8, 4) is 0 Å². The Bertz CT molecular complexity index is 423. The summed E-state index contributed by atoms with van der Waals surface area (Å²) < 4.78 is 2.03. The molecule has 0 aromatic carbocycles. The third-order valence-electron chi connectivity index (χ3n) is 3.00. The van der Waals surface area contributed by atoms with Gasteiger partial charge < -0.3 is 15.4 Å². The first-order valence-electron chi connectivity index (χ1n) is 5.59. The topological polar surface area (TPSA) is 81.1 Å². The number of imidazole rings is 1. The van der Waals surface area contributed by atoms with Crippen LogP contribution in [-0.2, 0) is 13.0 Å². The van der Waals surface area contributed by atoms with Crippen LogP contribution in [0.15, 0.2) is 0 Å². The molecule has 1 aromatic heterocycles. The number of carboxylic acid groups (broad SMARTS) is 1. The zero-order chi connectivity index (χ0) is 11.9. The largest absolute Gasteiger partial charge is 0.476 e. The van der Waals surface area contributed by atoms with E-state index in [9.17, 15) is 4.79 Å². The van der Waals surface area contributed by atoms with E-state index in [1.807, 2.05) is 18.4 Å². The average Bonchev–Trinajstić information content (AvgIpc) is 2.56. The van der Waals surface area contributed by atoms with E-state index in [2.05, 4.69) is 4.98 Å². The van der Waals surface area contributed by atoms with Gasteiger partial charge in [0.2, 0.25) is 0 Å². The first kappa shape index (κ1) is 11.1. The molecule has 88 valence electrons. The van der Waals surface area contributed by atoms with Gasteiger partial charge in [0, 0.05) is 24.9 Å². The molecule has 1 aliphatic heterocycles. The van der Waals surface area contributed by atoms with Gasteiger partial charge in [-0.05, 0) is 6.42 Å². The number of fused-ring (bicyclic) bond motifs is 1. The van der Waals surface area contributed by atoms with Crippen molar-refractivity contribution in [3.63, 3.8) is 0 Å². The van der Waals surface area contributed by atoms with Crippen molar-refractivity contribution in [2.45, 2.75) is 45.2 Å². The highest BCUT2D eigenvalue weighted by molar-refractivity contribution is 5.87. The number of aromatic nitrogens is 2. The summed E-state index contributed by atoms with van der Waals surface area (Å²) in [4.78, 5) is 15.3. The van der Waals surface area contributed by atoms with Gasteiger partial charge in [0.15, 0.2) is 5.69 Å².